The van der Waals surface area contributed by atoms with Crippen LogP contribution in [0.4, 0.5) is 0 Å². The lowest BCUT2D eigenvalue weighted by atomic mass is 10.0. The molecule has 0 aliphatic heterocycles. The summed E-state index contributed by atoms with van der Waals surface area (Å²) in [6, 6.07) is 0. The van der Waals surface area contributed by atoms with Crippen LogP contribution in [0.15, 0.2) is 0 Å². The van der Waals surface area contributed by atoms with E-state index >= 15 is 0 Å². The number of hydrogen-bond donors (Lipinski definition) is 3. The van der Waals surface area contributed by atoms with E-state index in [9.17, 15) is 43.2 Å². The van der Waals surface area contributed by atoms with Crippen LogP contribution >= 0.6 is 15.6 Å². The number of esters is 4. The molecule has 0 spiro atoms. The standard InChI is InChI=1S/C74H144O17P2/c1-7-9-11-13-14-15-16-17-18-19-20-21-22-23-24-29-35-40-46-52-58-74(79)91-70(63-85-72(77)57-51-45-39-34-30-25-27-32-37-43-48-54-66(3)4)65-89-93(82,83)87-61-68(75)60-86-92(80,81)88-64-69(62-84-71(76)56-50-42-12-10-8-2)90-73(78)59-53-47-41-36-31-26-28-33-38-44-49-55-67(5)6/h66-70,75H,7-65H2,1-6H3,(H,80,81)(H,82,83)/t68-,69+,70+/m0/s1. The maximum Gasteiger partial charge on any atom is 0.472 e. The van der Waals surface area contributed by atoms with Crippen LogP contribution in [0.3, 0.4) is 0 Å². The van der Waals surface area contributed by atoms with Crippen molar-refractivity contribution in [1.82, 2.24) is 0 Å². The molecule has 5 atom stereocenters. The molecule has 19 heteroatoms. The highest BCUT2D eigenvalue weighted by Crippen LogP contribution is 2.45. The van der Waals surface area contributed by atoms with Crippen LogP contribution in [-0.2, 0) is 65.4 Å². The molecule has 0 aromatic carbocycles. The first-order valence-electron chi connectivity index (χ1n) is 38.5. The minimum absolute atomic E-state index is 0.106. The van der Waals surface area contributed by atoms with Crippen molar-refractivity contribution in [3.63, 3.8) is 0 Å². The molecule has 0 saturated carbocycles. The van der Waals surface area contributed by atoms with Gasteiger partial charge in [0, 0.05) is 25.7 Å². The van der Waals surface area contributed by atoms with Crippen LogP contribution < -0.4 is 0 Å². The van der Waals surface area contributed by atoms with Gasteiger partial charge in [-0.2, -0.15) is 0 Å². The fourth-order valence-electron chi connectivity index (χ4n) is 11.3. The molecular weight excluding hydrogens is 1220 g/mol. The molecule has 3 N–H and O–H groups in total. The van der Waals surface area contributed by atoms with Crippen molar-refractivity contribution < 1.29 is 80.2 Å². The summed E-state index contributed by atoms with van der Waals surface area (Å²) < 4.78 is 68.2. The Morgan fingerprint density at radius 1 is 0.290 bits per heavy atom. The van der Waals surface area contributed by atoms with E-state index in [2.05, 4.69) is 41.5 Å². The lowest BCUT2D eigenvalue weighted by Crippen LogP contribution is -2.30. The van der Waals surface area contributed by atoms with E-state index in [1.807, 2.05) is 0 Å². The van der Waals surface area contributed by atoms with Crippen LogP contribution in [0.1, 0.15) is 382 Å². The molecular formula is C74H144O17P2. The quantitative estimate of drug-likeness (QED) is 0.0222. The van der Waals surface area contributed by atoms with Gasteiger partial charge in [-0.25, -0.2) is 9.13 Å². The largest absolute Gasteiger partial charge is 0.472 e. The summed E-state index contributed by atoms with van der Waals surface area (Å²) in [6.07, 6.45) is 53.2. The van der Waals surface area contributed by atoms with E-state index in [0.29, 0.717) is 25.7 Å². The average molecular weight is 1370 g/mol. The van der Waals surface area contributed by atoms with Gasteiger partial charge in [-0.3, -0.25) is 37.3 Å². The monoisotopic (exact) mass is 1370 g/mol. The summed E-state index contributed by atoms with van der Waals surface area (Å²) in [5.41, 5.74) is 0. The normalized spacial score (nSPS) is 14.1. The zero-order valence-corrected chi connectivity index (χ0v) is 62.3. The Morgan fingerprint density at radius 3 is 0.731 bits per heavy atom. The molecule has 0 amide bonds. The third-order valence-corrected chi connectivity index (χ3v) is 19.1. The highest BCUT2D eigenvalue weighted by molar-refractivity contribution is 7.47. The SMILES string of the molecule is CCCCCCCCCCCCCCCCCCCCCCC(=O)O[C@H](COC(=O)CCCCCCCCCCCCCC(C)C)COP(=O)(O)OC[C@@H](O)COP(=O)(O)OC[C@@H](COC(=O)CCCCCCC)OC(=O)CCCCCCCCCCCCCC(C)C. The molecule has 0 radical (unpaired) electrons. The van der Waals surface area contributed by atoms with E-state index in [4.69, 9.17) is 37.0 Å². The van der Waals surface area contributed by atoms with Crippen LogP contribution in [-0.4, -0.2) is 96.7 Å². The second kappa shape index (κ2) is 66.0. The zero-order chi connectivity index (χ0) is 68.6. The average Bonchev–Trinajstić information content (AvgIpc) is 3.04. The molecule has 93 heavy (non-hydrogen) atoms. The number of ether oxygens (including phenoxy) is 4. The summed E-state index contributed by atoms with van der Waals surface area (Å²) in [4.78, 5) is 72.4. The molecule has 2 unspecified atom stereocenters. The van der Waals surface area contributed by atoms with E-state index < -0.39 is 97.5 Å². The van der Waals surface area contributed by atoms with Gasteiger partial charge in [0.1, 0.15) is 19.3 Å². The number of phosphoric acid groups is 2. The van der Waals surface area contributed by atoms with Gasteiger partial charge in [-0.1, -0.05) is 330 Å². The van der Waals surface area contributed by atoms with Gasteiger partial charge in [0.15, 0.2) is 12.2 Å². The Hall–Kier alpha value is -1.94. The first-order chi connectivity index (χ1) is 44.9. The summed E-state index contributed by atoms with van der Waals surface area (Å²) in [6.45, 7) is 9.49. The maximum atomic E-state index is 13.1. The Bertz CT molecular complexity index is 1800. The lowest BCUT2D eigenvalue weighted by molar-refractivity contribution is -0.161. The van der Waals surface area contributed by atoms with Gasteiger partial charge in [0.2, 0.25) is 0 Å². The number of hydrogen-bond acceptors (Lipinski definition) is 15. The third-order valence-electron chi connectivity index (χ3n) is 17.2. The minimum Gasteiger partial charge on any atom is -0.462 e. The number of phosphoric ester groups is 2. The second-order valence-electron chi connectivity index (χ2n) is 27.6. The van der Waals surface area contributed by atoms with Gasteiger partial charge >= 0.3 is 39.5 Å². The predicted octanol–water partition coefficient (Wildman–Crippen LogP) is 21.6. The van der Waals surface area contributed by atoms with Crippen molar-refractivity contribution in [2.45, 2.75) is 400 Å². The molecule has 0 aromatic heterocycles. The number of rotatable bonds is 73. The lowest BCUT2D eigenvalue weighted by Gasteiger charge is -2.21. The number of unbranched alkanes of at least 4 members (excludes halogenated alkanes) is 43. The highest BCUT2D eigenvalue weighted by atomic mass is 31.2. The first kappa shape index (κ1) is 91.1. The maximum absolute atomic E-state index is 13.1. The van der Waals surface area contributed by atoms with Crippen molar-refractivity contribution in [3.05, 3.63) is 0 Å². The molecule has 0 aliphatic rings. The Labute approximate surface area is 568 Å². The van der Waals surface area contributed by atoms with Crippen LogP contribution in [0.2, 0.25) is 0 Å². The summed E-state index contributed by atoms with van der Waals surface area (Å²) in [7, 11) is -9.90. The molecule has 0 bridgehead atoms. The predicted molar refractivity (Wildman–Crippen MR) is 377 cm³/mol. The molecule has 0 heterocycles. The summed E-state index contributed by atoms with van der Waals surface area (Å²) in [5, 5.41) is 10.6. The topological polar surface area (TPSA) is 237 Å². The smallest absolute Gasteiger partial charge is 0.462 e. The first-order valence-corrected chi connectivity index (χ1v) is 41.5. The third kappa shape index (κ3) is 68.4. The number of carbonyl (C=O) groups is 4. The van der Waals surface area contributed by atoms with Crippen LogP contribution in [0, 0.1) is 11.8 Å². The van der Waals surface area contributed by atoms with Gasteiger partial charge < -0.3 is 33.8 Å². The molecule has 0 aromatic rings. The molecule has 0 rings (SSSR count). The molecule has 0 fully saturated rings. The van der Waals surface area contributed by atoms with E-state index in [1.165, 1.54) is 193 Å². The number of carbonyl (C=O) groups excluding carboxylic acids is 4. The Morgan fingerprint density at radius 2 is 0.495 bits per heavy atom. The van der Waals surface area contributed by atoms with Crippen molar-refractivity contribution in [2.24, 2.45) is 11.8 Å². The van der Waals surface area contributed by atoms with Gasteiger partial charge in [0.05, 0.1) is 26.4 Å². The fraction of sp³-hybridized carbons (Fsp3) is 0.946. The summed E-state index contributed by atoms with van der Waals surface area (Å²) >= 11 is 0. The van der Waals surface area contributed by atoms with Crippen LogP contribution in [0.5, 0.6) is 0 Å². The van der Waals surface area contributed by atoms with Crippen molar-refractivity contribution >= 4 is 39.5 Å². The van der Waals surface area contributed by atoms with Gasteiger partial charge in [0.25, 0.3) is 0 Å². The van der Waals surface area contributed by atoms with Crippen molar-refractivity contribution in [3.8, 4) is 0 Å². The Balaban J connectivity index is 5.13. The van der Waals surface area contributed by atoms with Crippen LogP contribution in [0.25, 0.3) is 0 Å². The van der Waals surface area contributed by atoms with Gasteiger partial charge in [-0.15, -0.1) is 0 Å². The van der Waals surface area contributed by atoms with E-state index in [-0.39, 0.29) is 25.7 Å². The molecule has 552 valence electrons. The number of aliphatic hydroxyl groups excluding tert-OH is 1. The Kier molecular flexibility index (Phi) is 64.6. The summed E-state index contributed by atoms with van der Waals surface area (Å²) in [5.74, 6) is -0.593. The van der Waals surface area contributed by atoms with Crippen molar-refractivity contribution in [1.29, 1.82) is 0 Å². The molecule has 0 saturated heterocycles. The molecule has 0 aliphatic carbocycles. The van der Waals surface area contributed by atoms with E-state index in [1.54, 1.807) is 0 Å². The zero-order valence-electron chi connectivity index (χ0n) is 60.6. The molecule has 17 nitrogen and oxygen atoms in total. The van der Waals surface area contributed by atoms with Gasteiger partial charge in [-0.05, 0) is 37.5 Å². The van der Waals surface area contributed by atoms with E-state index in [0.717, 1.165) is 108 Å². The fourth-order valence-corrected chi connectivity index (χ4v) is 12.9. The number of aliphatic hydroxyl groups is 1. The second-order valence-corrected chi connectivity index (χ2v) is 30.5. The highest BCUT2D eigenvalue weighted by Gasteiger charge is 2.30. The minimum atomic E-state index is -4.95. The van der Waals surface area contributed by atoms with Crippen molar-refractivity contribution in [2.75, 3.05) is 39.6 Å².